The van der Waals surface area contributed by atoms with Crippen molar-refractivity contribution in [2.45, 2.75) is 71.5 Å². The van der Waals surface area contributed by atoms with Gasteiger partial charge in [0.25, 0.3) is 0 Å². The van der Waals surface area contributed by atoms with E-state index in [0.29, 0.717) is 13.0 Å². The summed E-state index contributed by atoms with van der Waals surface area (Å²) in [6, 6.07) is 0. The van der Waals surface area contributed by atoms with E-state index in [1.165, 1.54) is 44.9 Å². The van der Waals surface area contributed by atoms with Gasteiger partial charge in [-0.15, -0.1) is 0 Å². The molecule has 3 bridgehead atoms. The molecule has 0 amide bonds. The molecule has 20 heavy (non-hydrogen) atoms. The third-order valence-corrected chi connectivity index (χ3v) is 5.93. The summed E-state index contributed by atoms with van der Waals surface area (Å²) in [5.74, 6) is 2.68. The van der Waals surface area contributed by atoms with Crippen molar-refractivity contribution >= 4 is 5.97 Å². The molecule has 3 heteroatoms. The van der Waals surface area contributed by atoms with E-state index in [2.05, 4.69) is 0 Å². The van der Waals surface area contributed by atoms with E-state index in [4.69, 9.17) is 9.47 Å². The minimum Gasteiger partial charge on any atom is -0.436 e. The van der Waals surface area contributed by atoms with Gasteiger partial charge in [-0.25, -0.2) is 0 Å². The zero-order valence-corrected chi connectivity index (χ0v) is 12.9. The first-order chi connectivity index (χ1) is 9.60. The lowest BCUT2D eigenvalue weighted by Gasteiger charge is -2.54. The minimum absolute atomic E-state index is 0.0515. The standard InChI is InChI=1S/C17H28O3/c1-3-19-12(2)20-16(18)11-17-7-6-14-5-4-13(9-17)8-15(14)10-17/h12-15H,3-11H2,1-2H3. The summed E-state index contributed by atoms with van der Waals surface area (Å²) in [5.41, 5.74) is 0.257. The average Bonchev–Trinajstić information content (AvgIpc) is 2.36. The molecule has 3 saturated carbocycles. The number of esters is 1. The van der Waals surface area contributed by atoms with Gasteiger partial charge in [-0.3, -0.25) is 4.79 Å². The van der Waals surface area contributed by atoms with E-state index in [0.717, 1.165) is 17.8 Å². The van der Waals surface area contributed by atoms with Crippen LogP contribution in [-0.4, -0.2) is 18.9 Å². The average molecular weight is 280 g/mol. The molecule has 3 nitrogen and oxygen atoms in total. The topological polar surface area (TPSA) is 35.5 Å². The van der Waals surface area contributed by atoms with Crippen molar-refractivity contribution in [2.75, 3.05) is 6.61 Å². The van der Waals surface area contributed by atoms with Gasteiger partial charge in [0, 0.05) is 6.61 Å². The molecule has 3 aliphatic carbocycles. The van der Waals surface area contributed by atoms with Gasteiger partial charge in [0.2, 0.25) is 0 Å². The molecule has 0 aromatic carbocycles. The fourth-order valence-electron chi connectivity index (χ4n) is 5.22. The van der Waals surface area contributed by atoms with Crippen LogP contribution >= 0.6 is 0 Å². The van der Waals surface area contributed by atoms with Crippen LogP contribution in [0.3, 0.4) is 0 Å². The maximum atomic E-state index is 12.2. The predicted octanol–water partition coefficient (Wildman–Crippen LogP) is 3.91. The Morgan fingerprint density at radius 2 is 2.10 bits per heavy atom. The van der Waals surface area contributed by atoms with Crippen molar-refractivity contribution in [1.82, 2.24) is 0 Å². The molecule has 0 radical (unpaired) electrons. The number of fused-ring (bicyclic) bond motifs is 2. The second kappa shape index (κ2) is 5.67. The first kappa shape index (κ1) is 14.4. The summed E-state index contributed by atoms with van der Waals surface area (Å²) in [7, 11) is 0. The van der Waals surface area contributed by atoms with E-state index in [-0.39, 0.29) is 11.4 Å². The molecule has 0 spiro atoms. The molecular weight excluding hydrogens is 252 g/mol. The molecule has 0 saturated heterocycles. The second-order valence-corrected chi connectivity index (χ2v) is 7.34. The quantitative estimate of drug-likeness (QED) is 0.566. The lowest BCUT2D eigenvalue weighted by atomic mass is 9.51. The third-order valence-electron chi connectivity index (χ3n) is 5.93. The number of carbonyl (C=O) groups is 1. The van der Waals surface area contributed by atoms with Gasteiger partial charge in [-0.05, 0) is 75.5 Å². The summed E-state index contributed by atoms with van der Waals surface area (Å²) in [4.78, 5) is 12.2. The highest BCUT2D eigenvalue weighted by atomic mass is 16.7. The molecular formula is C17H28O3. The molecule has 0 aromatic rings. The molecule has 3 rings (SSSR count). The maximum Gasteiger partial charge on any atom is 0.308 e. The molecule has 5 unspecified atom stereocenters. The zero-order valence-electron chi connectivity index (χ0n) is 12.9. The Labute approximate surface area is 122 Å². The van der Waals surface area contributed by atoms with E-state index in [9.17, 15) is 4.79 Å². The van der Waals surface area contributed by atoms with Crippen molar-refractivity contribution in [3.63, 3.8) is 0 Å². The SMILES string of the molecule is CCOC(C)OC(=O)CC12CCC3CCC(CC3C1)C2. The van der Waals surface area contributed by atoms with Crippen LogP contribution in [0, 0.1) is 23.2 Å². The molecule has 3 aliphatic rings. The Kier molecular flexibility index (Phi) is 4.07. The monoisotopic (exact) mass is 280 g/mol. The highest BCUT2D eigenvalue weighted by molar-refractivity contribution is 5.70. The Bertz CT molecular complexity index is 363. The van der Waals surface area contributed by atoms with Gasteiger partial charge >= 0.3 is 5.97 Å². The van der Waals surface area contributed by atoms with E-state index in [1.807, 2.05) is 13.8 Å². The van der Waals surface area contributed by atoms with Crippen LogP contribution in [0.25, 0.3) is 0 Å². The molecule has 0 N–H and O–H groups in total. The Morgan fingerprint density at radius 1 is 1.25 bits per heavy atom. The lowest BCUT2D eigenvalue weighted by molar-refractivity contribution is -0.179. The van der Waals surface area contributed by atoms with Crippen LogP contribution < -0.4 is 0 Å². The van der Waals surface area contributed by atoms with Crippen molar-refractivity contribution in [3.05, 3.63) is 0 Å². The van der Waals surface area contributed by atoms with Gasteiger partial charge in [0.15, 0.2) is 6.29 Å². The largest absolute Gasteiger partial charge is 0.436 e. The van der Waals surface area contributed by atoms with Gasteiger partial charge in [-0.1, -0.05) is 6.42 Å². The highest BCUT2D eigenvalue weighted by Gasteiger charge is 2.49. The second-order valence-electron chi connectivity index (χ2n) is 7.34. The van der Waals surface area contributed by atoms with Crippen molar-refractivity contribution < 1.29 is 14.3 Å². The molecule has 0 heterocycles. The van der Waals surface area contributed by atoms with E-state index >= 15 is 0 Å². The highest BCUT2D eigenvalue weighted by Crippen LogP contribution is 2.59. The Hall–Kier alpha value is -0.570. The molecule has 5 atom stereocenters. The number of hydrogen-bond acceptors (Lipinski definition) is 3. The summed E-state index contributed by atoms with van der Waals surface area (Å²) in [6.07, 6.45) is 9.59. The number of ether oxygens (including phenoxy) is 2. The maximum absolute atomic E-state index is 12.2. The van der Waals surface area contributed by atoms with Gasteiger partial charge in [0.1, 0.15) is 0 Å². The Balaban J connectivity index is 1.60. The number of carbonyl (C=O) groups excluding carboxylic acids is 1. The Morgan fingerprint density at radius 3 is 2.90 bits per heavy atom. The van der Waals surface area contributed by atoms with E-state index < -0.39 is 6.29 Å². The van der Waals surface area contributed by atoms with E-state index in [1.54, 1.807) is 0 Å². The predicted molar refractivity (Wildman–Crippen MR) is 77.0 cm³/mol. The fraction of sp³-hybridized carbons (Fsp3) is 0.941. The zero-order chi connectivity index (χ0) is 14.2. The molecule has 0 aromatic heterocycles. The molecule has 114 valence electrons. The van der Waals surface area contributed by atoms with Crippen LogP contribution in [0.5, 0.6) is 0 Å². The van der Waals surface area contributed by atoms with Gasteiger partial charge in [0.05, 0.1) is 6.42 Å². The van der Waals surface area contributed by atoms with Crippen molar-refractivity contribution in [1.29, 1.82) is 0 Å². The minimum atomic E-state index is -0.400. The summed E-state index contributed by atoms with van der Waals surface area (Å²) >= 11 is 0. The van der Waals surface area contributed by atoms with Crippen LogP contribution in [0.1, 0.15) is 65.2 Å². The summed E-state index contributed by atoms with van der Waals surface area (Å²) in [5, 5.41) is 0. The van der Waals surface area contributed by atoms with Gasteiger partial charge < -0.3 is 9.47 Å². The fourth-order valence-corrected chi connectivity index (χ4v) is 5.22. The third kappa shape index (κ3) is 2.88. The van der Waals surface area contributed by atoms with Crippen LogP contribution in [-0.2, 0) is 14.3 Å². The molecule has 0 aliphatic heterocycles. The summed E-state index contributed by atoms with van der Waals surface area (Å²) in [6.45, 7) is 4.32. The lowest BCUT2D eigenvalue weighted by Crippen LogP contribution is -2.45. The molecule has 3 fully saturated rings. The van der Waals surface area contributed by atoms with Crippen molar-refractivity contribution in [2.24, 2.45) is 23.2 Å². The first-order valence-electron chi connectivity index (χ1n) is 8.41. The smallest absolute Gasteiger partial charge is 0.308 e. The van der Waals surface area contributed by atoms with Crippen LogP contribution in [0.2, 0.25) is 0 Å². The van der Waals surface area contributed by atoms with Gasteiger partial charge in [-0.2, -0.15) is 0 Å². The van der Waals surface area contributed by atoms with Crippen LogP contribution in [0.4, 0.5) is 0 Å². The number of hydrogen-bond donors (Lipinski definition) is 0. The first-order valence-corrected chi connectivity index (χ1v) is 8.41. The number of rotatable bonds is 5. The normalized spacial score (nSPS) is 40.4. The van der Waals surface area contributed by atoms with Crippen molar-refractivity contribution in [3.8, 4) is 0 Å². The van der Waals surface area contributed by atoms with Crippen LogP contribution in [0.15, 0.2) is 0 Å². The summed E-state index contributed by atoms with van der Waals surface area (Å²) < 4.78 is 10.7.